The summed E-state index contributed by atoms with van der Waals surface area (Å²) < 4.78 is 10.5. The van der Waals surface area contributed by atoms with E-state index in [1.165, 1.54) is 0 Å². The number of carbonyl (C=O) groups is 1. The van der Waals surface area contributed by atoms with Crippen LogP contribution < -0.4 is 9.47 Å². The van der Waals surface area contributed by atoms with Crippen LogP contribution in [0.1, 0.15) is 29.6 Å². The van der Waals surface area contributed by atoms with Crippen LogP contribution in [0.2, 0.25) is 0 Å². The molecule has 1 atom stereocenters. The summed E-state index contributed by atoms with van der Waals surface area (Å²) in [6.45, 7) is 0.755. The highest BCUT2D eigenvalue weighted by Gasteiger charge is 2.28. The second-order valence-electron chi connectivity index (χ2n) is 4.87. The van der Waals surface area contributed by atoms with Crippen LogP contribution >= 0.6 is 11.6 Å². The second-order valence-corrected chi connectivity index (χ2v) is 5.18. The van der Waals surface area contributed by atoms with E-state index in [0.29, 0.717) is 22.9 Å². The van der Waals surface area contributed by atoms with Crippen LogP contribution in [0.15, 0.2) is 18.2 Å². The van der Waals surface area contributed by atoms with Gasteiger partial charge in [0, 0.05) is 24.5 Å². The quantitative estimate of drug-likeness (QED) is 0.802. The van der Waals surface area contributed by atoms with E-state index in [1.807, 2.05) is 4.90 Å². The molecule has 2 rings (SSSR count). The van der Waals surface area contributed by atoms with Crippen molar-refractivity contribution in [1.29, 1.82) is 0 Å². The third-order valence-corrected chi connectivity index (χ3v) is 4.06. The number of halogens is 1. The predicted octanol–water partition coefficient (Wildman–Crippen LogP) is 2.94. The van der Waals surface area contributed by atoms with Crippen LogP contribution in [0.25, 0.3) is 0 Å². The number of amides is 1. The first-order valence-electron chi connectivity index (χ1n) is 6.80. The normalized spacial score (nSPS) is 18.8. The highest BCUT2D eigenvalue weighted by molar-refractivity contribution is 6.18. The smallest absolute Gasteiger partial charge is 0.257 e. The Kier molecular flexibility index (Phi) is 5.12. The molecule has 1 unspecified atom stereocenters. The molecule has 0 bridgehead atoms. The number of piperidine rings is 1. The third-order valence-electron chi connectivity index (χ3n) is 3.71. The Labute approximate surface area is 124 Å². The summed E-state index contributed by atoms with van der Waals surface area (Å²) in [6.07, 6.45) is 3.12. The van der Waals surface area contributed by atoms with E-state index < -0.39 is 0 Å². The van der Waals surface area contributed by atoms with Gasteiger partial charge in [-0.05, 0) is 31.4 Å². The van der Waals surface area contributed by atoms with Crippen molar-refractivity contribution in [2.75, 3.05) is 26.6 Å². The van der Waals surface area contributed by atoms with Crippen molar-refractivity contribution in [2.45, 2.75) is 25.3 Å². The molecule has 5 heteroatoms. The molecule has 4 nitrogen and oxygen atoms in total. The van der Waals surface area contributed by atoms with Gasteiger partial charge in [-0.1, -0.05) is 0 Å². The number of hydrogen-bond acceptors (Lipinski definition) is 3. The number of ether oxygens (including phenoxy) is 2. The molecule has 0 saturated carbocycles. The maximum Gasteiger partial charge on any atom is 0.257 e. The highest BCUT2D eigenvalue weighted by atomic mass is 35.5. The zero-order valence-corrected chi connectivity index (χ0v) is 12.7. The number of alkyl halides is 1. The molecule has 1 amide bonds. The molecule has 0 spiro atoms. The van der Waals surface area contributed by atoms with E-state index in [9.17, 15) is 4.79 Å². The average molecular weight is 298 g/mol. The van der Waals surface area contributed by atoms with Crippen LogP contribution in [-0.2, 0) is 0 Å². The standard InChI is InChI=1S/C15H20ClNO3/c1-19-12-6-7-13(14(9-12)20-2)15(18)17-8-4-3-5-11(17)10-16/h6-7,9,11H,3-5,8,10H2,1-2H3. The maximum absolute atomic E-state index is 12.7. The van der Waals surface area contributed by atoms with Crippen molar-refractivity contribution in [3.8, 4) is 11.5 Å². The van der Waals surface area contributed by atoms with Crippen LogP contribution in [0.5, 0.6) is 11.5 Å². The van der Waals surface area contributed by atoms with Gasteiger partial charge in [-0.25, -0.2) is 0 Å². The average Bonchev–Trinajstić information content (AvgIpc) is 2.53. The zero-order chi connectivity index (χ0) is 14.5. The second kappa shape index (κ2) is 6.84. The van der Waals surface area contributed by atoms with Gasteiger partial charge in [0.15, 0.2) is 0 Å². The molecule has 1 aromatic carbocycles. The van der Waals surface area contributed by atoms with E-state index in [2.05, 4.69) is 0 Å². The fourth-order valence-corrected chi connectivity index (χ4v) is 2.88. The minimum atomic E-state index is -0.0187. The van der Waals surface area contributed by atoms with Gasteiger partial charge in [0.2, 0.25) is 0 Å². The lowest BCUT2D eigenvalue weighted by Crippen LogP contribution is -2.44. The molecule has 1 aromatic rings. The Balaban J connectivity index is 2.27. The lowest BCUT2D eigenvalue weighted by atomic mass is 10.0. The number of methoxy groups -OCH3 is 2. The van der Waals surface area contributed by atoms with Crippen LogP contribution in [0, 0.1) is 0 Å². The van der Waals surface area contributed by atoms with E-state index in [-0.39, 0.29) is 11.9 Å². The minimum Gasteiger partial charge on any atom is -0.497 e. The molecule has 1 aliphatic rings. The van der Waals surface area contributed by atoms with E-state index in [0.717, 1.165) is 25.8 Å². The van der Waals surface area contributed by atoms with Gasteiger partial charge in [0.25, 0.3) is 5.91 Å². The van der Waals surface area contributed by atoms with Gasteiger partial charge in [0.1, 0.15) is 11.5 Å². The van der Waals surface area contributed by atoms with Crippen molar-refractivity contribution in [3.05, 3.63) is 23.8 Å². The number of rotatable bonds is 4. The molecule has 0 radical (unpaired) electrons. The fourth-order valence-electron chi connectivity index (χ4n) is 2.56. The SMILES string of the molecule is COc1ccc(C(=O)N2CCCCC2CCl)c(OC)c1. The summed E-state index contributed by atoms with van der Waals surface area (Å²) in [7, 11) is 3.14. The van der Waals surface area contributed by atoms with Gasteiger partial charge >= 0.3 is 0 Å². The van der Waals surface area contributed by atoms with Crippen molar-refractivity contribution >= 4 is 17.5 Å². The molecular formula is C15H20ClNO3. The zero-order valence-electron chi connectivity index (χ0n) is 11.9. The fraction of sp³-hybridized carbons (Fsp3) is 0.533. The Morgan fingerprint density at radius 1 is 1.35 bits per heavy atom. The van der Waals surface area contributed by atoms with Gasteiger partial charge in [0.05, 0.1) is 19.8 Å². The Bertz CT molecular complexity index is 478. The largest absolute Gasteiger partial charge is 0.497 e. The van der Waals surface area contributed by atoms with E-state index in [1.54, 1.807) is 32.4 Å². The number of benzene rings is 1. The molecular weight excluding hydrogens is 278 g/mol. The lowest BCUT2D eigenvalue weighted by Gasteiger charge is -2.35. The summed E-state index contributed by atoms with van der Waals surface area (Å²) in [6, 6.07) is 5.37. The third kappa shape index (κ3) is 3.01. The number of likely N-dealkylation sites (tertiary alicyclic amines) is 1. The van der Waals surface area contributed by atoms with E-state index >= 15 is 0 Å². The number of hydrogen-bond donors (Lipinski definition) is 0. The summed E-state index contributed by atoms with van der Waals surface area (Å²) in [4.78, 5) is 14.6. The monoisotopic (exact) mass is 297 g/mol. The number of carbonyl (C=O) groups excluding carboxylic acids is 1. The van der Waals surface area contributed by atoms with Crippen molar-refractivity contribution in [1.82, 2.24) is 4.90 Å². The first-order chi connectivity index (χ1) is 9.71. The predicted molar refractivity (Wildman–Crippen MR) is 78.9 cm³/mol. The Morgan fingerprint density at radius 3 is 2.80 bits per heavy atom. The molecule has 20 heavy (non-hydrogen) atoms. The Morgan fingerprint density at radius 2 is 2.15 bits per heavy atom. The van der Waals surface area contributed by atoms with Crippen LogP contribution in [-0.4, -0.2) is 43.5 Å². The molecule has 0 aliphatic carbocycles. The topological polar surface area (TPSA) is 38.8 Å². The molecule has 1 heterocycles. The summed E-state index contributed by atoms with van der Waals surface area (Å²) in [5.74, 6) is 1.67. The van der Waals surface area contributed by atoms with Crippen LogP contribution in [0.3, 0.4) is 0 Å². The molecule has 1 saturated heterocycles. The summed E-state index contributed by atoms with van der Waals surface area (Å²) in [5, 5.41) is 0. The molecule has 0 N–H and O–H groups in total. The van der Waals surface area contributed by atoms with Gasteiger partial charge in [-0.15, -0.1) is 11.6 Å². The molecule has 0 aromatic heterocycles. The lowest BCUT2D eigenvalue weighted by molar-refractivity contribution is 0.0635. The first-order valence-corrected chi connectivity index (χ1v) is 7.33. The van der Waals surface area contributed by atoms with Crippen molar-refractivity contribution in [2.24, 2.45) is 0 Å². The van der Waals surface area contributed by atoms with Gasteiger partial charge in [-0.3, -0.25) is 4.79 Å². The van der Waals surface area contributed by atoms with E-state index in [4.69, 9.17) is 21.1 Å². The Hall–Kier alpha value is -1.42. The first kappa shape index (κ1) is 15.0. The van der Waals surface area contributed by atoms with Crippen LogP contribution in [0.4, 0.5) is 0 Å². The van der Waals surface area contributed by atoms with Crippen molar-refractivity contribution in [3.63, 3.8) is 0 Å². The molecule has 1 fully saturated rings. The number of nitrogens with zero attached hydrogens (tertiary/aromatic N) is 1. The highest BCUT2D eigenvalue weighted by Crippen LogP contribution is 2.28. The summed E-state index contributed by atoms with van der Waals surface area (Å²) in [5.41, 5.74) is 0.560. The maximum atomic E-state index is 12.7. The minimum absolute atomic E-state index is 0.0187. The van der Waals surface area contributed by atoms with Gasteiger partial charge in [-0.2, -0.15) is 0 Å². The summed E-state index contributed by atoms with van der Waals surface area (Å²) >= 11 is 5.98. The van der Waals surface area contributed by atoms with Crippen molar-refractivity contribution < 1.29 is 14.3 Å². The molecule has 110 valence electrons. The molecule has 1 aliphatic heterocycles. The van der Waals surface area contributed by atoms with Gasteiger partial charge < -0.3 is 14.4 Å².